The van der Waals surface area contributed by atoms with Gasteiger partial charge in [-0.3, -0.25) is 0 Å². The first-order valence-electron chi connectivity index (χ1n) is 9.47. The molecule has 2 nitrogen and oxygen atoms in total. The molecule has 0 N–H and O–H groups in total. The fourth-order valence-electron chi connectivity index (χ4n) is 3.78. The SMILES string of the molecule is CC(C)(C)c1ccc2c(c1)c(C[Si](C)(C)C)cc1c3ccccc3nn21. The fourth-order valence-corrected chi connectivity index (χ4v) is 5.22. The Labute approximate surface area is 156 Å². The minimum absolute atomic E-state index is 0.147. The van der Waals surface area contributed by atoms with Gasteiger partial charge < -0.3 is 0 Å². The Morgan fingerprint density at radius 1 is 0.885 bits per heavy atom. The molecule has 0 aliphatic heterocycles. The quantitative estimate of drug-likeness (QED) is 0.380. The molecule has 0 bridgehead atoms. The van der Waals surface area contributed by atoms with Crippen molar-refractivity contribution in [1.29, 1.82) is 0 Å². The molecule has 0 amide bonds. The third-order valence-corrected chi connectivity index (χ3v) is 6.53. The van der Waals surface area contributed by atoms with Gasteiger partial charge in [0.2, 0.25) is 0 Å². The van der Waals surface area contributed by atoms with Crippen LogP contribution in [0.1, 0.15) is 31.9 Å². The number of nitrogens with zero attached hydrogens (tertiary/aromatic N) is 2. The summed E-state index contributed by atoms with van der Waals surface area (Å²) < 4.78 is 2.14. The number of benzene rings is 2. The van der Waals surface area contributed by atoms with Crippen LogP contribution in [-0.4, -0.2) is 17.7 Å². The average Bonchev–Trinajstić information content (AvgIpc) is 2.91. The van der Waals surface area contributed by atoms with Crippen molar-refractivity contribution in [2.45, 2.75) is 51.9 Å². The van der Waals surface area contributed by atoms with Crippen molar-refractivity contribution in [3.05, 3.63) is 59.7 Å². The Morgan fingerprint density at radius 2 is 1.62 bits per heavy atom. The Kier molecular flexibility index (Phi) is 3.78. The van der Waals surface area contributed by atoms with Crippen molar-refractivity contribution in [3.63, 3.8) is 0 Å². The molecule has 134 valence electrons. The molecule has 0 atom stereocenters. The van der Waals surface area contributed by atoms with E-state index >= 15 is 0 Å². The topological polar surface area (TPSA) is 17.3 Å². The van der Waals surface area contributed by atoms with E-state index in [0.717, 1.165) is 5.52 Å². The maximum absolute atomic E-state index is 4.90. The van der Waals surface area contributed by atoms with Gasteiger partial charge in [0, 0.05) is 18.8 Å². The van der Waals surface area contributed by atoms with Gasteiger partial charge in [0.05, 0.1) is 16.6 Å². The van der Waals surface area contributed by atoms with Crippen LogP contribution < -0.4 is 0 Å². The van der Waals surface area contributed by atoms with Crippen LogP contribution in [0, 0.1) is 0 Å². The van der Waals surface area contributed by atoms with E-state index in [1.165, 1.54) is 39.0 Å². The van der Waals surface area contributed by atoms with Gasteiger partial charge in [-0.1, -0.05) is 64.7 Å². The summed E-state index contributed by atoms with van der Waals surface area (Å²) in [7, 11) is -1.24. The molecule has 26 heavy (non-hydrogen) atoms. The molecule has 2 aromatic heterocycles. The summed E-state index contributed by atoms with van der Waals surface area (Å²) in [6.45, 7) is 14.2. The van der Waals surface area contributed by atoms with E-state index in [0.29, 0.717) is 0 Å². The Hall–Kier alpha value is -2.13. The van der Waals surface area contributed by atoms with E-state index < -0.39 is 8.07 Å². The second kappa shape index (κ2) is 5.68. The zero-order chi connectivity index (χ0) is 18.7. The monoisotopic (exact) mass is 360 g/mol. The molecule has 0 unspecified atom stereocenters. The lowest BCUT2D eigenvalue weighted by Gasteiger charge is -2.22. The van der Waals surface area contributed by atoms with Crippen LogP contribution >= 0.6 is 0 Å². The van der Waals surface area contributed by atoms with E-state index in [4.69, 9.17) is 5.10 Å². The molecule has 0 aliphatic carbocycles. The predicted octanol–water partition coefficient (Wildman–Crippen LogP) is 6.36. The lowest BCUT2D eigenvalue weighted by Crippen LogP contribution is -2.24. The van der Waals surface area contributed by atoms with Crippen LogP contribution in [0.25, 0.3) is 27.3 Å². The molecule has 4 rings (SSSR count). The largest absolute Gasteiger partial charge is 0.232 e. The van der Waals surface area contributed by atoms with Crippen molar-refractivity contribution in [1.82, 2.24) is 9.61 Å². The second-order valence-corrected chi connectivity index (χ2v) is 15.2. The lowest BCUT2D eigenvalue weighted by molar-refractivity contribution is 0.591. The summed E-state index contributed by atoms with van der Waals surface area (Å²) in [6.07, 6.45) is 0. The van der Waals surface area contributed by atoms with Gasteiger partial charge in [-0.25, -0.2) is 4.52 Å². The van der Waals surface area contributed by atoms with Gasteiger partial charge in [-0.15, -0.1) is 0 Å². The van der Waals surface area contributed by atoms with Crippen LogP contribution in [0.2, 0.25) is 19.6 Å². The average molecular weight is 361 g/mol. The first-order valence-corrected chi connectivity index (χ1v) is 13.2. The zero-order valence-corrected chi connectivity index (χ0v) is 17.7. The smallest absolute Gasteiger partial charge is 0.0934 e. The highest BCUT2D eigenvalue weighted by Crippen LogP contribution is 2.32. The molecular formula is C23H28N2Si. The number of rotatable bonds is 2. The predicted molar refractivity (Wildman–Crippen MR) is 116 cm³/mol. The minimum atomic E-state index is -1.24. The molecule has 0 saturated heterocycles. The molecule has 2 heterocycles. The Bertz CT molecular complexity index is 1120. The number of fused-ring (bicyclic) bond motifs is 5. The molecule has 4 aromatic rings. The summed E-state index contributed by atoms with van der Waals surface area (Å²) in [5.74, 6) is 0. The molecule has 0 aliphatic rings. The van der Waals surface area contributed by atoms with Crippen LogP contribution in [0.15, 0.2) is 48.5 Å². The van der Waals surface area contributed by atoms with Crippen molar-refractivity contribution in [2.24, 2.45) is 0 Å². The van der Waals surface area contributed by atoms with E-state index in [1.54, 1.807) is 0 Å². The Balaban J connectivity index is 2.12. The molecule has 3 heteroatoms. The highest BCUT2D eigenvalue weighted by Gasteiger charge is 2.20. The van der Waals surface area contributed by atoms with Crippen molar-refractivity contribution in [2.75, 3.05) is 0 Å². The molecule has 0 saturated carbocycles. The van der Waals surface area contributed by atoms with E-state index in [1.807, 2.05) is 0 Å². The van der Waals surface area contributed by atoms with Crippen molar-refractivity contribution >= 4 is 35.4 Å². The maximum Gasteiger partial charge on any atom is 0.0934 e. The normalized spacial score (nSPS) is 13.2. The Morgan fingerprint density at radius 3 is 2.31 bits per heavy atom. The van der Waals surface area contributed by atoms with Crippen LogP contribution in [0.3, 0.4) is 0 Å². The highest BCUT2D eigenvalue weighted by molar-refractivity contribution is 6.75. The minimum Gasteiger partial charge on any atom is -0.232 e. The third kappa shape index (κ3) is 2.94. The van der Waals surface area contributed by atoms with Crippen molar-refractivity contribution < 1.29 is 0 Å². The molecule has 0 fully saturated rings. The number of hydrogen-bond acceptors (Lipinski definition) is 1. The van der Waals surface area contributed by atoms with Gasteiger partial charge >= 0.3 is 0 Å². The summed E-state index contributed by atoms with van der Waals surface area (Å²) >= 11 is 0. The van der Waals surface area contributed by atoms with Gasteiger partial charge in [0.1, 0.15) is 0 Å². The van der Waals surface area contributed by atoms with Gasteiger partial charge in [0.15, 0.2) is 0 Å². The first-order chi connectivity index (χ1) is 12.1. The molecular weight excluding hydrogens is 332 g/mol. The van der Waals surface area contributed by atoms with Crippen LogP contribution in [-0.2, 0) is 11.5 Å². The van der Waals surface area contributed by atoms with E-state index in [9.17, 15) is 0 Å². The standard InChI is InChI=1S/C23H28N2Si/c1-23(2,3)17-11-12-21-19(14-17)16(15-26(4,5)6)13-22-18-9-7-8-10-20(18)24-25(21)22/h7-14H,15H2,1-6H3. The number of pyridine rings is 1. The lowest BCUT2D eigenvalue weighted by atomic mass is 9.86. The zero-order valence-electron chi connectivity index (χ0n) is 16.7. The summed E-state index contributed by atoms with van der Waals surface area (Å²) in [4.78, 5) is 0. The fraction of sp³-hybridized carbons (Fsp3) is 0.348. The van der Waals surface area contributed by atoms with Crippen LogP contribution in [0.5, 0.6) is 0 Å². The first kappa shape index (κ1) is 17.3. The summed E-state index contributed by atoms with van der Waals surface area (Å²) in [5, 5.41) is 7.50. The second-order valence-electron chi connectivity index (χ2n) is 9.70. The van der Waals surface area contributed by atoms with Crippen molar-refractivity contribution in [3.8, 4) is 0 Å². The van der Waals surface area contributed by atoms with E-state index in [2.05, 4.69) is 93.5 Å². The van der Waals surface area contributed by atoms with Gasteiger partial charge in [-0.05, 0) is 46.9 Å². The van der Waals surface area contributed by atoms with E-state index in [-0.39, 0.29) is 5.41 Å². The summed E-state index contributed by atoms with van der Waals surface area (Å²) in [6, 6.07) is 19.0. The maximum atomic E-state index is 4.90. The molecule has 0 spiro atoms. The highest BCUT2D eigenvalue weighted by atomic mass is 28.3. The van der Waals surface area contributed by atoms with Gasteiger partial charge in [0.25, 0.3) is 0 Å². The summed E-state index contributed by atoms with van der Waals surface area (Å²) in [5.41, 5.74) is 6.53. The molecule has 0 radical (unpaired) electrons. The number of aromatic nitrogens is 2. The molecule has 2 aromatic carbocycles. The third-order valence-electron chi connectivity index (χ3n) is 5.08. The van der Waals surface area contributed by atoms with Crippen LogP contribution in [0.4, 0.5) is 0 Å². The van der Waals surface area contributed by atoms with Gasteiger partial charge in [-0.2, -0.15) is 5.10 Å². The number of hydrogen-bond donors (Lipinski definition) is 0.